The van der Waals surface area contributed by atoms with Crippen molar-refractivity contribution in [1.29, 1.82) is 0 Å². The maximum absolute atomic E-state index is 12.5. The van der Waals surface area contributed by atoms with Gasteiger partial charge in [0.1, 0.15) is 0 Å². The minimum Gasteiger partial charge on any atom is -0.466 e. The summed E-state index contributed by atoms with van der Waals surface area (Å²) in [7, 11) is 0. The van der Waals surface area contributed by atoms with Crippen molar-refractivity contribution in [3.63, 3.8) is 0 Å². The van der Waals surface area contributed by atoms with Gasteiger partial charge in [0.15, 0.2) is 0 Å². The Hall–Kier alpha value is -1.66. The van der Waals surface area contributed by atoms with Crippen molar-refractivity contribution in [3.8, 4) is 0 Å². The third kappa shape index (κ3) is 61.4. The SMILES string of the molecule is CCC/C=C\C/C=C\CCCCCCCC(=O)OCCCCCCCCCCCCCCCCCCCCCCCCCCC(=O)NC(CO)C(O)CCCCCCCCCCCCCCCCCCCCCCC. The second-order valence-electron chi connectivity index (χ2n) is 23.5. The lowest BCUT2D eigenvalue weighted by molar-refractivity contribution is -0.143. The average molecular weight is 1060 g/mol. The fourth-order valence-electron chi connectivity index (χ4n) is 10.8. The number of aliphatic hydroxyl groups is 2. The molecule has 0 bridgehead atoms. The van der Waals surface area contributed by atoms with E-state index in [1.807, 2.05) is 0 Å². The molecule has 0 saturated heterocycles. The second-order valence-corrected chi connectivity index (χ2v) is 23.5. The topological polar surface area (TPSA) is 95.9 Å². The minimum absolute atomic E-state index is 0.000794. The molecule has 0 fully saturated rings. The summed E-state index contributed by atoms with van der Waals surface area (Å²) in [5.74, 6) is -0.0290. The summed E-state index contributed by atoms with van der Waals surface area (Å²) < 4.78 is 5.47. The van der Waals surface area contributed by atoms with Crippen LogP contribution in [0.1, 0.15) is 380 Å². The molecule has 0 radical (unpaired) electrons. The van der Waals surface area contributed by atoms with Crippen LogP contribution in [0.25, 0.3) is 0 Å². The van der Waals surface area contributed by atoms with Crippen LogP contribution in [0.15, 0.2) is 24.3 Å². The molecule has 1 amide bonds. The number of hydrogen-bond acceptors (Lipinski definition) is 5. The smallest absolute Gasteiger partial charge is 0.305 e. The summed E-state index contributed by atoms with van der Waals surface area (Å²) in [5, 5.41) is 23.4. The van der Waals surface area contributed by atoms with Crippen LogP contribution in [-0.2, 0) is 14.3 Å². The van der Waals surface area contributed by atoms with Crippen molar-refractivity contribution in [1.82, 2.24) is 5.32 Å². The lowest BCUT2D eigenvalue weighted by atomic mass is 10.0. The molecule has 6 heteroatoms. The number of amides is 1. The van der Waals surface area contributed by atoms with Crippen LogP contribution >= 0.6 is 0 Å². The van der Waals surface area contributed by atoms with Gasteiger partial charge in [0.05, 0.1) is 25.4 Å². The van der Waals surface area contributed by atoms with Crippen molar-refractivity contribution in [2.75, 3.05) is 13.2 Å². The van der Waals surface area contributed by atoms with E-state index in [1.165, 1.54) is 295 Å². The lowest BCUT2D eigenvalue weighted by Crippen LogP contribution is -2.45. The van der Waals surface area contributed by atoms with Gasteiger partial charge in [0.2, 0.25) is 5.91 Å². The fraction of sp³-hybridized carbons (Fsp3) is 0.913. The molecule has 0 aromatic rings. The van der Waals surface area contributed by atoms with Gasteiger partial charge in [0.25, 0.3) is 0 Å². The fourth-order valence-corrected chi connectivity index (χ4v) is 10.8. The number of ether oxygens (including phenoxy) is 1. The molecule has 2 atom stereocenters. The van der Waals surface area contributed by atoms with Gasteiger partial charge in [-0.05, 0) is 51.4 Å². The second kappa shape index (κ2) is 64.9. The van der Waals surface area contributed by atoms with E-state index in [9.17, 15) is 19.8 Å². The lowest BCUT2D eigenvalue weighted by Gasteiger charge is -2.22. The molecule has 444 valence electrons. The summed E-state index contributed by atoms with van der Waals surface area (Å²) in [6.45, 7) is 4.92. The van der Waals surface area contributed by atoms with Crippen LogP contribution in [0.5, 0.6) is 0 Å². The number of allylic oxidation sites excluding steroid dienone is 4. The number of aliphatic hydroxyl groups excluding tert-OH is 2. The molecule has 2 unspecified atom stereocenters. The number of hydrogen-bond donors (Lipinski definition) is 3. The molecular formula is C69H133NO5. The molecule has 0 aromatic heterocycles. The normalized spacial score (nSPS) is 12.6. The number of rotatable bonds is 64. The monoisotopic (exact) mass is 1060 g/mol. The zero-order chi connectivity index (χ0) is 54.3. The Morgan fingerprint density at radius 2 is 0.693 bits per heavy atom. The highest BCUT2D eigenvalue weighted by atomic mass is 16.5. The van der Waals surface area contributed by atoms with Gasteiger partial charge in [-0.15, -0.1) is 0 Å². The maximum atomic E-state index is 12.5. The zero-order valence-electron chi connectivity index (χ0n) is 50.8. The Kier molecular flexibility index (Phi) is 63.4. The highest BCUT2D eigenvalue weighted by Crippen LogP contribution is 2.19. The van der Waals surface area contributed by atoms with Crippen molar-refractivity contribution in [3.05, 3.63) is 24.3 Å². The van der Waals surface area contributed by atoms with E-state index in [2.05, 4.69) is 43.5 Å². The number of unbranched alkanes of at least 4 members (excludes halogenated alkanes) is 49. The first-order valence-electron chi connectivity index (χ1n) is 34.1. The van der Waals surface area contributed by atoms with Crippen molar-refractivity contribution in [2.24, 2.45) is 0 Å². The highest BCUT2D eigenvalue weighted by molar-refractivity contribution is 5.76. The van der Waals surface area contributed by atoms with Gasteiger partial charge < -0.3 is 20.3 Å². The third-order valence-corrected chi connectivity index (χ3v) is 16.0. The quantitative estimate of drug-likeness (QED) is 0.0320. The number of esters is 1. The molecule has 75 heavy (non-hydrogen) atoms. The van der Waals surface area contributed by atoms with Gasteiger partial charge in [-0.3, -0.25) is 9.59 Å². The van der Waals surface area contributed by atoms with E-state index in [-0.39, 0.29) is 18.5 Å². The van der Waals surface area contributed by atoms with E-state index >= 15 is 0 Å². The summed E-state index contributed by atoms with van der Waals surface area (Å²) in [6, 6.07) is -0.541. The molecule has 0 aromatic carbocycles. The molecular weight excluding hydrogens is 923 g/mol. The third-order valence-electron chi connectivity index (χ3n) is 16.0. The molecule has 0 rings (SSSR count). The Balaban J connectivity index is 3.37. The first-order chi connectivity index (χ1) is 37.0. The molecule has 6 nitrogen and oxygen atoms in total. The molecule has 0 saturated carbocycles. The van der Waals surface area contributed by atoms with Gasteiger partial charge in [-0.2, -0.15) is 0 Å². The Labute approximate surface area is 469 Å². The van der Waals surface area contributed by atoms with Crippen LogP contribution in [0.3, 0.4) is 0 Å². The van der Waals surface area contributed by atoms with Crippen LogP contribution in [0.2, 0.25) is 0 Å². The number of nitrogens with one attached hydrogen (secondary N) is 1. The van der Waals surface area contributed by atoms with Gasteiger partial charge in [0, 0.05) is 12.8 Å². The Bertz CT molecular complexity index is 1170. The first-order valence-corrected chi connectivity index (χ1v) is 34.1. The average Bonchev–Trinajstić information content (AvgIpc) is 3.41. The van der Waals surface area contributed by atoms with Crippen molar-refractivity contribution in [2.45, 2.75) is 392 Å². The Morgan fingerprint density at radius 1 is 0.373 bits per heavy atom. The first kappa shape index (κ1) is 73.3. The van der Waals surface area contributed by atoms with Crippen LogP contribution < -0.4 is 5.32 Å². The predicted molar refractivity (Wildman–Crippen MR) is 329 cm³/mol. The Morgan fingerprint density at radius 3 is 1.07 bits per heavy atom. The van der Waals surface area contributed by atoms with E-state index in [0.717, 1.165) is 51.4 Å². The molecule has 0 aliphatic carbocycles. The number of carbonyl (C=O) groups is 2. The minimum atomic E-state index is -0.664. The number of carbonyl (C=O) groups excluding carboxylic acids is 2. The van der Waals surface area contributed by atoms with Gasteiger partial charge >= 0.3 is 5.97 Å². The molecule has 0 aliphatic heterocycles. The van der Waals surface area contributed by atoms with Crippen molar-refractivity contribution < 1.29 is 24.5 Å². The summed E-state index contributed by atoms with van der Waals surface area (Å²) in [6.07, 6.45) is 80.7. The highest BCUT2D eigenvalue weighted by Gasteiger charge is 2.20. The van der Waals surface area contributed by atoms with E-state index in [4.69, 9.17) is 4.74 Å². The maximum Gasteiger partial charge on any atom is 0.305 e. The van der Waals surface area contributed by atoms with Crippen molar-refractivity contribution >= 4 is 11.9 Å². The molecule has 0 heterocycles. The summed E-state index contributed by atoms with van der Waals surface area (Å²) >= 11 is 0. The molecule has 0 spiro atoms. The van der Waals surface area contributed by atoms with Gasteiger partial charge in [-0.25, -0.2) is 0 Å². The van der Waals surface area contributed by atoms with E-state index in [1.54, 1.807) is 0 Å². The molecule has 3 N–H and O–H groups in total. The largest absolute Gasteiger partial charge is 0.466 e. The van der Waals surface area contributed by atoms with Crippen LogP contribution in [0, 0.1) is 0 Å². The summed E-state index contributed by atoms with van der Waals surface area (Å²) in [5.41, 5.74) is 0. The van der Waals surface area contributed by atoms with Crippen LogP contribution in [0.4, 0.5) is 0 Å². The van der Waals surface area contributed by atoms with Gasteiger partial charge in [-0.1, -0.05) is 340 Å². The van der Waals surface area contributed by atoms with Crippen LogP contribution in [-0.4, -0.2) is 47.4 Å². The molecule has 0 aliphatic rings. The standard InChI is InChI=1S/C69H133NO5/c1-3-5-7-9-11-13-15-17-18-19-20-25-28-31-34-38-41-45-49-53-57-61-67(72)66(65-71)70-68(73)62-58-54-50-46-42-39-35-32-29-26-23-21-22-24-27-30-33-36-40-44-48-52-56-60-64-75-69(74)63-59-55-51-47-43-37-16-14-12-10-8-6-4-2/h8,10,14,16,66-67,71-72H,3-7,9,11-13,15,17-65H2,1-2H3,(H,70,73)/b10-8-,16-14-. The van der Waals surface area contributed by atoms with E-state index < -0.39 is 12.1 Å². The zero-order valence-corrected chi connectivity index (χ0v) is 50.8. The summed E-state index contributed by atoms with van der Waals surface area (Å²) in [4.78, 5) is 24.6. The van der Waals surface area contributed by atoms with E-state index in [0.29, 0.717) is 25.9 Å². The predicted octanol–water partition coefficient (Wildman–Crippen LogP) is 21.8.